The smallest absolute Gasteiger partial charge is 0.406 e. The van der Waals surface area contributed by atoms with Crippen molar-refractivity contribution in [3.8, 4) is 0 Å². The third-order valence-electron chi connectivity index (χ3n) is 9.37. The van der Waals surface area contributed by atoms with Gasteiger partial charge in [-0.15, -0.1) is 0 Å². The monoisotopic (exact) mass is 376 g/mol. The van der Waals surface area contributed by atoms with Crippen LogP contribution in [0.1, 0.15) is 65.2 Å². The highest BCUT2D eigenvalue weighted by Crippen LogP contribution is 2.66. The molecule has 4 aliphatic rings. The number of nitrogens with one attached hydrogen (secondary N) is 1. The third-order valence-corrected chi connectivity index (χ3v) is 9.37. The van der Waals surface area contributed by atoms with E-state index in [1.54, 1.807) is 7.05 Å². The van der Waals surface area contributed by atoms with Gasteiger partial charge in [0.1, 0.15) is 0 Å². The number of piperidine rings is 1. The Labute approximate surface area is 163 Å². The highest BCUT2D eigenvalue weighted by Gasteiger charge is 2.61. The molecule has 4 fully saturated rings. The first-order valence-corrected chi connectivity index (χ1v) is 10.9. The molecule has 2 amide bonds. The number of nitrogens with zero attached hydrogens (tertiary/aromatic N) is 1. The van der Waals surface area contributed by atoms with Crippen molar-refractivity contribution in [3.63, 3.8) is 0 Å². The summed E-state index contributed by atoms with van der Waals surface area (Å²) in [6, 6.07) is 0.429. The molecule has 0 spiro atoms. The van der Waals surface area contributed by atoms with E-state index in [1.165, 1.54) is 32.1 Å². The van der Waals surface area contributed by atoms with Crippen LogP contribution in [0.15, 0.2) is 0 Å². The van der Waals surface area contributed by atoms with Gasteiger partial charge in [-0.05, 0) is 79.4 Å². The zero-order chi connectivity index (χ0) is 19.4. The lowest BCUT2D eigenvalue weighted by molar-refractivity contribution is -0.158. The Balaban J connectivity index is 1.52. The zero-order valence-electron chi connectivity index (χ0n) is 17.4. The van der Waals surface area contributed by atoms with Crippen LogP contribution in [0.3, 0.4) is 0 Å². The molecule has 0 aromatic carbocycles. The van der Waals surface area contributed by atoms with Crippen LogP contribution in [0, 0.1) is 34.5 Å². The van der Waals surface area contributed by atoms with E-state index < -0.39 is 0 Å². The third kappa shape index (κ3) is 2.79. The number of carbonyl (C=O) groups is 2. The number of fused-ring (bicyclic) bond motifs is 5. The zero-order valence-corrected chi connectivity index (χ0v) is 17.4. The molecule has 1 saturated heterocycles. The van der Waals surface area contributed by atoms with Crippen molar-refractivity contribution >= 4 is 12.0 Å². The molecule has 0 radical (unpaired) electrons. The second-order valence-corrected chi connectivity index (χ2v) is 10.1. The topological polar surface area (TPSA) is 58.6 Å². The molecule has 0 aromatic heterocycles. The first-order valence-electron chi connectivity index (χ1n) is 10.9. The van der Waals surface area contributed by atoms with Crippen LogP contribution in [0.5, 0.6) is 0 Å². The summed E-state index contributed by atoms with van der Waals surface area (Å²) in [6.07, 6.45) is 8.85. The van der Waals surface area contributed by atoms with E-state index in [2.05, 4.69) is 24.1 Å². The predicted molar refractivity (Wildman–Crippen MR) is 104 cm³/mol. The van der Waals surface area contributed by atoms with E-state index in [0.29, 0.717) is 29.9 Å². The Morgan fingerprint density at radius 2 is 1.85 bits per heavy atom. The van der Waals surface area contributed by atoms with Gasteiger partial charge in [0.25, 0.3) is 0 Å². The molecular weight excluding hydrogens is 340 g/mol. The van der Waals surface area contributed by atoms with Crippen LogP contribution in [-0.4, -0.2) is 43.6 Å². The second kappa shape index (κ2) is 6.66. The van der Waals surface area contributed by atoms with Gasteiger partial charge in [0.2, 0.25) is 5.91 Å². The molecule has 1 heterocycles. The lowest BCUT2D eigenvalue weighted by Crippen LogP contribution is -2.61. The van der Waals surface area contributed by atoms with E-state index in [-0.39, 0.29) is 11.5 Å². The van der Waals surface area contributed by atoms with E-state index in [9.17, 15) is 9.59 Å². The van der Waals surface area contributed by atoms with E-state index in [4.69, 9.17) is 4.74 Å². The van der Waals surface area contributed by atoms with Gasteiger partial charge in [-0.25, -0.2) is 4.79 Å². The van der Waals surface area contributed by atoms with Gasteiger partial charge in [0, 0.05) is 26.6 Å². The Morgan fingerprint density at radius 3 is 2.59 bits per heavy atom. The number of likely N-dealkylation sites (tertiary alicyclic amines) is 1. The molecule has 5 nitrogen and oxygen atoms in total. The summed E-state index contributed by atoms with van der Waals surface area (Å²) in [5.41, 5.74) is 0.582. The molecule has 0 aromatic rings. The van der Waals surface area contributed by atoms with Gasteiger partial charge in [-0.1, -0.05) is 13.8 Å². The van der Waals surface area contributed by atoms with Crippen molar-refractivity contribution in [3.05, 3.63) is 0 Å². The second-order valence-electron chi connectivity index (χ2n) is 10.1. The van der Waals surface area contributed by atoms with E-state index in [1.807, 2.05) is 7.05 Å². The minimum Gasteiger partial charge on any atom is -0.449 e. The Morgan fingerprint density at radius 1 is 1.11 bits per heavy atom. The van der Waals surface area contributed by atoms with Crippen molar-refractivity contribution in [1.82, 2.24) is 10.2 Å². The number of carbonyl (C=O) groups excluding carboxylic acids is 2. The molecular formula is C22H36N2O3. The number of ether oxygens (including phenoxy) is 1. The van der Waals surface area contributed by atoms with Crippen LogP contribution in [0.25, 0.3) is 0 Å². The Kier molecular flexibility index (Phi) is 4.71. The quantitative estimate of drug-likeness (QED) is 0.797. The first-order chi connectivity index (χ1) is 12.8. The minimum atomic E-state index is -0.307. The van der Waals surface area contributed by atoms with Crippen molar-refractivity contribution in [1.29, 1.82) is 0 Å². The maximum absolute atomic E-state index is 12.3. The number of alkyl carbamates (subject to hydrolysis) is 1. The van der Waals surface area contributed by atoms with Crippen LogP contribution >= 0.6 is 0 Å². The molecule has 5 heteroatoms. The van der Waals surface area contributed by atoms with E-state index >= 15 is 0 Å². The molecule has 2 unspecified atom stereocenters. The van der Waals surface area contributed by atoms with Crippen molar-refractivity contribution in [2.75, 3.05) is 20.7 Å². The standard InChI is InChI=1S/C22H36N2O3/c1-21-11-9-17-15(16(21)7-5-14(21)13-27-20(26)23-3)6-8-18-22(17,2)12-10-19(25)24(18)4/h14-18H,5-13H2,1-4H3,(H,23,26)/t14?,15-,16-,17+,18?,21+,22+/m0/s1. The van der Waals surface area contributed by atoms with Gasteiger partial charge in [-0.3, -0.25) is 4.79 Å². The summed E-state index contributed by atoms with van der Waals surface area (Å²) in [7, 11) is 3.65. The summed E-state index contributed by atoms with van der Waals surface area (Å²) >= 11 is 0. The summed E-state index contributed by atoms with van der Waals surface area (Å²) in [5, 5.41) is 2.57. The van der Waals surface area contributed by atoms with Crippen molar-refractivity contribution in [2.24, 2.45) is 34.5 Å². The van der Waals surface area contributed by atoms with Crippen LogP contribution < -0.4 is 5.32 Å². The molecule has 3 saturated carbocycles. The highest BCUT2D eigenvalue weighted by atomic mass is 16.5. The van der Waals surface area contributed by atoms with Crippen molar-refractivity contribution < 1.29 is 14.3 Å². The number of amides is 2. The molecule has 1 aliphatic heterocycles. The first kappa shape index (κ1) is 19.1. The van der Waals surface area contributed by atoms with Gasteiger partial charge in [0.05, 0.1) is 6.61 Å². The summed E-state index contributed by atoms with van der Waals surface area (Å²) in [4.78, 5) is 25.9. The lowest BCUT2D eigenvalue weighted by atomic mass is 9.47. The number of rotatable bonds is 2. The molecule has 4 rings (SSSR count). The summed E-state index contributed by atoms with van der Waals surface area (Å²) in [6.45, 7) is 5.49. The Bertz CT molecular complexity index is 623. The average molecular weight is 377 g/mol. The molecule has 152 valence electrons. The maximum atomic E-state index is 12.3. The number of hydrogen-bond acceptors (Lipinski definition) is 3. The van der Waals surface area contributed by atoms with Crippen LogP contribution in [0.4, 0.5) is 4.79 Å². The highest BCUT2D eigenvalue weighted by molar-refractivity contribution is 5.77. The average Bonchev–Trinajstić information content (AvgIpc) is 2.99. The summed E-state index contributed by atoms with van der Waals surface area (Å²) in [5.74, 6) is 3.08. The normalized spacial score (nSPS) is 46.3. The fourth-order valence-electron chi connectivity index (χ4n) is 7.78. The van der Waals surface area contributed by atoms with Crippen LogP contribution in [-0.2, 0) is 9.53 Å². The molecule has 3 aliphatic carbocycles. The molecule has 7 atom stereocenters. The predicted octanol–water partition coefficient (Wildman–Crippen LogP) is 3.82. The fourth-order valence-corrected chi connectivity index (χ4v) is 7.78. The van der Waals surface area contributed by atoms with Crippen molar-refractivity contribution in [2.45, 2.75) is 71.3 Å². The maximum Gasteiger partial charge on any atom is 0.406 e. The minimum absolute atomic E-state index is 0.281. The molecule has 1 N–H and O–H groups in total. The van der Waals surface area contributed by atoms with Crippen LogP contribution in [0.2, 0.25) is 0 Å². The fraction of sp³-hybridized carbons (Fsp3) is 0.909. The number of hydrogen-bond donors (Lipinski definition) is 1. The van der Waals surface area contributed by atoms with Gasteiger partial charge >= 0.3 is 6.09 Å². The summed E-state index contributed by atoms with van der Waals surface area (Å²) < 4.78 is 5.46. The van der Waals surface area contributed by atoms with E-state index in [0.717, 1.165) is 37.0 Å². The molecule has 27 heavy (non-hydrogen) atoms. The lowest BCUT2D eigenvalue weighted by Gasteiger charge is -2.61. The SMILES string of the molecule is CNC(=O)OCC1CC[C@H]2[C@@H]3CCC4N(C)C(=O)CC[C@]4(C)[C@@H]3CC[C@]12C. The largest absolute Gasteiger partial charge is 0.449 e. The van der Waals surface area contributed by atoms with Gasteiger partial charge in [0.15, 0.2) is 0 Å². The molecule has 0 bridgehead atoms. The van der Waals surface area contributed by atoms with Gasteiger partial charge in [-0.2, -0.15) is 0 Å². The van der Waals surface area contributed by atoms with Gasteiger partial charge < -0.3 is 15.0 Å². The Hall–Kier alpha value is -1.26.